The molecule has 0 bridgehead atoms. The van der Waals surface area contributed by atoms with Gasteiger partial charge in [-0.1, -0.05) is 13.0 Å². The Hall–Kier alpha value is -2.44. The molecule has 22 heavy (non-hydrogen) atoms. The Bertz CT molecular complexity index is 561. The number of amides is 1. The van der Waals surface area contributed by atoms with Gasteiger partial charge in [0.2, 0.25) is 0 Å². The molecule has 1 aromatic rings. The van der Waals surface area contributed by atoms with Crippen molar-refractivity contribution in [2.24, 2.45) is 5.92 Å². The van der Waals surface area contributed by atoms with Crippen LogP contribution in [-0.4, -0.2) is 35.6 Å². The highest BCUT2D eigenvalue weighted by molar-refractivity contribution is 5.96. The lowest BCUT2D eigenvalue weighted by Gasteiger charge is -2.18. The van der Waals surface area contributed by atoms with Gasteiger partial charge in [0.15, 0.2) is 0 Å². The van der Waals surface area contributed by atoms with Gasteiger partial charge in [-0.2, -0.15) is 0 Å². The Balaban J connectivity index is 2.74. The van der Waals surface area contributed by atoms with Gasteiger partial charge in [-0.15, -0.1) is 0 Å². The predicted molar refractivity (Wildman–Crippen MR) is 75.7 cm³/mol. The van der Waals surface area contributed by atoms with Crippen LogP contribution in [-0.2, 0) is 14.3 Å². The van der Waals surface area contributed by atoms with Crippen LogP contribution in [0.1, 0.15) is 30.6 Å². The molecule has 0 radical (unpaired) electrons. The number of carbonyl (C=O) groups excluding carboxylic acids is 2. The maximum atomic E-state index is 13.1. The normalized spacial score (nSPS) is 13.0. The number of nitrogens with one attached hydrogen (secondary N) is 1. The van der Waals surface area contributed by atoms with Crippen molar-refractivity contribution < 1.29 is 28.6 Å². The fourth-order valence-electron chi connectivity index (χ4n) is 1.83. The second-order valence-corrected chi connectivity index (χ2v) is 4.76. The minimum Gasteiger partial charge on any atom is -0.480 e. The van der Waals surface area contributed by atoms with Gasteiger partial charge >= 0.3 is 11.9 Å². The highest BCUT2D eigenvalue weighted by atomic mass is 19.1. The molecule has 120 valence electrons. The second kappa shape index (κ2) is 8.11. The number of hydrogen-bond donors (Lipinski definition) is 2. The van der Waals surface area contributed by atoms with Crippen molar-refractivity contribution in [3.63, 3.8) is 0 Å². The summed E-state index contributed by atoms with van der Waals surface area (Å²) in [6, 6.07) is 3.63. The molecule has 0 aromatic heterocycles. The topological polar surface area (TPSA) is 92.7 Å². The molecule has 7 heteroatoms. The summed E-state index contributed by atoms with van der Waals surface area (Å²) in [6.45, 7) is 3.35. The lowest BCUT2D eigenvalue weighted by atomic mass is 10.0. The zero-order valence-corrected chi connectivity index (χ0v) is 12.3. The quantitative estimate of drug-likeness (QED) is 0.746. The summed E-state index contributed by atoms with van der Waals surface area (Å²) in [4.78, 5) is 34.7. The maximum absolute atomic E-state index is 13.1. The largest absolute Gasteiger partial charge is 0.480 e. The first kappa shape index (κ1) is 17.6. The minimum absolute atomic E-state index is 0.00929. The van der Waals surface area contributed by atoms with E-state index in [0.29, 0.717) is 0 Å². The highest BCUT2D eigenvalue weighted by Crippen LogP contribution is 2.10. The van der Waals surface area contributed by atoms with Crippen molar-refractivity contribution in [3.8, 4) is 0 Å². The van der Waals surface area contributed by atoms with Crippen LogP contribution in [0.25, 0.3) is 0 Å². The molecule has 6 nitrogen and oxygen atoms in total. The van der Waals surface area contributed by atoms with E-state index in [-0.39, 0.29) is 18.6 Å². The number of halogens is 1. The summed E-state index contributed by atoms with van der Waals surface area (Å²) < 4.78 is 17.9. The minimum atomic E-state index is -1.28. The molecular weight excluding hydrogens is 293 g/mol. The monoisotopic (exact) mass is 311 g/mol. The zero-order valence-electron chi connectivity index (χ0n) is 12.3. The van der Waals surface area contributed by atoms with Crippen LogP contribution in [0.3, 0.4) is 0 Å². The van der Waals surface area contributed by atoms with Gasteiger partial charge in [0, 0.05) is 5.56 Å². The van der Waals surface area contributed by atoms with Crippen LogP contribution in [0.15, 0.2) is 24.3 Å². The van der Waals surface area contributed by atoms with Gasteiger partial charge < -0.3 is 15.2 Å². The van der Waals surface area contributed by atoms with Gasteiger partial charge in [0.1, 0.15) is 11.9 Å². The Morgan fingerprint density at radius 2 is 2.05 bits per heavy atom. The van der Waals surface area contributed by atoms with Crippen molar-refractivity contribution >= 4 is 17.8 Å². The number of rotatable bonds is 7. The first-order chi connectivity index (χ1) is 10.3. The number of carbonyl (C=O) groups is 3. The molecule has 2 atom stereocenters. The van der Waals surface area contributed by atoms with E-state index in [9.17, 15) is 18.8 Å². The van der Waals surface area contributed by atoms with Crippen LogP contribution < -0.4 is 5.32 Å². The summed E-state index contributed by atoms with van der Waals surface area (Å²) in [5.74, 6) is -3.81. The van der Waals surface area contributed by atoms with Crippen LogP contribution in [0, 0.1) is 11.7 Å². The third kappa shape index (κ3) is 5.16. The van der Waals surface area contributed by atoms with E-state index >= 15 is 0 Å². The lowest BCUT2D eigenvalue weighted by Crippen LogP contribution is -2.42. The number of carboxylic acids is 1. The Labute approximate surface area is 127 Å². The van der Waals surface area contributed by atoms with Crippen LogP contribution in [0.5, 0.6) is 0 Å². The van der Waals surface area contributed by atoms with E-state index in [1.165, 1.54) is 25.1 Å². The summed E-state index contributed by atoms with van der Waals surface area (Å²) in [5, 5.41) is 11.4. The summed E-state index contributed by atoms with van der Waals surface area (Å²) >= 11 is 0. The van der Waals surface area contributed by atoms with Crippen molar-refractivity contribution in [3.05, 3.63) is 35.6 Å². The molecule has 1 aromatic carbocycles. The Morgan fingerprint density at radius 3 is 2.59 bits per heavy atom. The molecule has 0 unspecified atom stereocenters. The van der Waals surface area contributed by atoms with Gasteiger partial charge in [-0.25, -0.2) is 9.18 Å². The van der Waals surface area contributed by atoms with Gasteiger partial charge in [-0.05, 0) is 31.5 Å². The number of esters is 1. The molecule has 0 heterocycles. The maximum Gasteiger partial charge on any atom is 0.326 e. The summed E-state index contributed by atoms with van der Waals surface area (Å²) in [6.07, 6.45) is -0.116. The van der Waals surface area contributed by atoms with Crippen LogP contribution in [0.2, 0.25) is 0 Å². The van der Waals surface area contributed by atoms with E-state index in [2.05, 4.69) is 5.32 Å². The number of carboxylic acid groups (broad SMARTS) is 1. The molecule has 1 rings (SSSR count). The molecule has 0 fully saturated rings. The third-order valence-electron chi connectivity index (χ3n) is 2.97. The van der Waals surface area contributed by atoms with E-state index in [0.717, 1.165) is 6.07 Å². The first-order valence-electron chi connectivity index (χ1n) is 6.81. The standard InChI is InChI=1S/C15H18FNO5/c1-3-22-15(21)9(2)7-12(14(19)20)17-13(18)10-5-4-6-11(16)8-10/h4-6,8-9,12H,3,7H2,1-2H3,(H,17,18)(H,19,20)/t9-,12-/m0/s1. The van der Waals surface area contributed by atoms with Gasteiger partial charge in [0.05, 0.1) is 12.5 Å². The molecule has 0 aliphatic heterocycles. The number of aliphatic carboxylic acids is 1. The third-order valence-corrected chi connectivity index (χ3v) is 2.97. The van der Waals surface area contributed by atoms with Crippen LogP contribution in [0.4, 0.5) is 4.39 Å². The van der Waals surface area contributed by atoms with E-state index in [1.807, 2.05) is 0 Å². The van der Waals surface area contributed by atoms with E-state index in [1.54, 1.807) is 6.92 Å². The van der Waals surface area contributed by atoms with E-state index < -0.39 is 35.6 Å². The molecule has 0 aliphatic rings. The van der Waals surface area contributed by atoms with Gasteiger partial charge in [-0.3, -0.25) is 9.59 Å². The predicted octanol–water partition coefficient (Wildman–Crippen LogP) is 1.60. The second-order valence-electron chi connectivity index (χ2n) is 4.76. The van der Waals surface area contributed by atoms with E-state index in [4.69, 9.17) is 9.84 Å². The molecule has 2 N–H and O–H groups in total. The fourth-order valence-corrected chi connectivity index (χ4v) is 1.83. The number of hydrogen-bond acceptors (Lipinski definition) is 4. The van der Waals surface area contributed by atoms with Crippen LogP contribution >= 0.6 is 0 Å². The average molecular weight is 311 g/mol. The van der Waals surface area contributed by atoms with Gasteiger partial charge in [0.25, 0.3) is 5.91 Å². The lowest BCUT2D eigenvalue weighted by molar-refractivity contribution is -0.148. The van der Waals surface area contributed by atoms with Crippen molar-refractivity contribution in [1.29, 1.82) is 0 Å². The Kier molecular flexibility index (Phi) is 6.49. The molecule has 0 saturated heterocycles. The molecule has 0 aliphatic carbocycles. The molecule has 0 saturated carbocycles. The molecular formula is C15H18FNO5. The SMILES string of the molecule is CCOC(=O)[C@@H](C)C[C@H](NC(=O)c1cccc(F)c1)C(=O)O. The summed E-state index contributed by atoms with van der Waals surface area (Å²) in [5.41, 5.74) is 0.00929. The van der Waals surface area contributed by atoms with Crippen molar-refractivity contribution in [2.45, 2.75) is 26.3 Å². The van der Waals surface area contributed by atoms with Crippen molar-refractivity contribution in [2.75, 3.05) is 6.61 Å². The molecule has 0 spiro atoms. The smallest absolute Gasteiger partial charge is 0.326 e. The highest BCUT2D eigenvalue weighted by Gasteiger charge is 2.26. The average Bonchev–Trinajstić information content (AvgIpc) is 2.46. The zero-order chi connectivity index (χ0) is 16.7. The number of ether oxygens (including phenoxy) is 1. The Morgan fingerprint density at radius 1 is 1.36 bits per heavy atom. The summed E-state index contributed by atoms with van der Waals surface area (Å²) in [7, 11) is 0. The fraction of sp³-hybridized carbons (Fsp3) is 0.400. The molecule has 1 amide bonds. The first-order valence-corrected chi connectivity index (χ1v) is 6.81. The number of benzene rings is 1. The van der Waals surface area contributed by atoms with Crippen molar-refractivity contribution in [1.82, 2.24) is 5.32 Å².